The van der Waals surface area contributed by atoms with Crippen LogP contribution in [-0.2, 0) is 6.42 Å². The third-order valence-electron chi connectivity index (χ3n) is 4.27. The van der Waals surface area contributed by atoms with E-state index in [0.29, 0.717) is 12.2 Å². The maximum atomic E-state index is 12.7. The highest BCUT2D eigenvalue weighted by Crippen LogP contribution is 2.17. The lowest BCUT2D eigenvalue weighted by molar-refractivity contribution is 0.0983. The molecular formula is C22H22ClN3O. The molecule has 138 valence electrons. The number of aromatic nitrogens is 1. The van der Waals surface area contributed by atoms with Gasteiger partial charge in [-0.3, -0.25) is 4.79 Å². The molecule has 1 aromatic heterocycles. The van der Waals surface area contributed by atoms with Gasteiger partial charge in [-0.1, -0.05) is 41.9 Å². The first-order chi connectivity index (χ1) is 13.2. The number of hydrogen-bond acceptors (Lipinski definition) is 3. The first-order valence-electron chi connectivity index (χ1n) is 8.98. The second-order valence-electron chi connectivity index (χ2n) is 6.12. The van der Waals surface area contributed by atoms with Crippen molar-refractivity contribution in [2.24, 2.45) is 0 Å². The smallest absolute Gasteiger partial charge is 0.276 e. The fourth-order valence-corrected chi connectivity index (χ4v) is 2.94. The normalized spacial score (nSPS) is 10.4. The number of halogens is 1. The fourth-order valence-electron chi connectivity index (χ4n) is 2.82. The number of carbonyl (C=O) groups is 1. The van der Waals surface area contributed by atoms with Gasteiger partial charge in [0.15, 0.2) is 0 Å². The third-order valence-corrected chi connectivity index (χ3v) is 4.52. The quantitative estimate of drug-likeness (QED) is 0.624. The van der Waals surface area contributed by atoms with Gasteiger partial charge in [0, 0.05) is 23.8 Å². The number of benzene rings is 2. The van der Waals surface area contributed by atoms with Crippen molar-refractivity contribution in [1.82, 2.24) is 4.98 Å². The van der Waals surface area contributed by atoms with Crippen molar-refractivity contribution in [3.63, 3.8) is 0 Å². The van der Waals surface area contributed by atoms with E-state index in [0.717, 1.165) is 29.4 Å². The van der Waals surface area contributed by atoms with Gasteiger partial charge in [0.1, 0.15) is 5.69 Å². The van der Waals surface area contributed by atoms with E-state index in [9.17, 15) is 4.79 Å². The van der Waals surface area contributed by atoms with Gasteiger partial charge in [0.05, 0.1) is 11.9 Å². The Hall–Kier alpha value is -2.85. The molecule has 0 unspecified atom stereocenters. The topological polar surface area (TPSA) is 45.2 Å². The molecular weight excluding hydrogens is 358 g/mol. The summed E-state index contributed by atoms with van der Waals surface area (Å²) >= 11 is 5.90. The third kappa shape index (κ3) is 5.08. The Morgan fingerprint density at radius 3 is 2.41 bits per heavy atom. The summed E-state index contributed by atoms with van der Waals surface area (Å²) in [5, 5.41) is 4.07. The van der Waals surface area contributed by atoms with E-state index in [1.54, 1.807) is 17.2 Å². The number of hydrogen-bond donors (Lipinski definition) is 1. The zero-order valence-electron chi connectivity index (χ0n) is 15.2. The molecule has 27 heavy (non-hydrogen) atoms. The number of pyridine rings is 1. The van der Waals surface area contributed by atoms with Crippen LogP contribution in [0.2, 0.25) is 5.02 Å². The predicted molar refractivity (Wildman–Crippen MR) is 112 cm³/mol. The van der Waals surface area contributed by atoms with Gasteiger partial charge < -0.3 is 10.2 Å². The fraction of sp³-hybridized carbons (Fsp3) is 0.182. The molecule has 1 N–H and O–H groups in total. The standard InChI is InChI=1S/C22H22ClN3O/c1-2-26(20-6-4-3-5-7-20)22(27)21-13-12-19(16-25-21)24-15-14-17-8-10-18(23)11-9-17/h3-13,16,24H,2,14-15H2,1H3. The first kappa shape index (κ1) is 18.9. The van der Waals surface area contributed by atoms with Gasteiger partial charge >= 0.3 is 0 Å². The zero-order valence-corrected chi connectivity index (χ0v) is 16.0. The molecule has 0 aliphatic carbocycles. The van der Waals surface area contributed by atoms with Crippen molar-refractivity contribution in [1.29, 1.82) is 0 Å². The van der Waals surface area contributed by atoms with Crippen LogP contribution in [0.5, 0.6) is 0 Å². The molecule has 0 aliphatic heterocycles. The summed E-state index contributed by atoms with van der Waals surface area (Å²) < 4.78 is 0. The molecule has 0 bridgehead atoms. The monoisotopic (exact) mass is 379 g/mol. The van der Waals surface area contributed by atoms with Crippen LogP contribution in [0.1, 0.15) is 23.0 Å². The lowest BCUT2D eigenvalue weighted by atomic mass is 10.1. The van der Waals surface area contributed by atoms with Crippen molar-refractivity contribution in [3.8, 4) is 0 Å². The molecule has 0 radical (unpaired) electrons. The SMILES string of the molecule is CCN(C(=O)c1ccc(NCCc2ccc(Cl)cc2)cn1)c1ccccc1. The van der Waals surface area contributed by atoms with Crippen LogP contribution in [0.25, 0.3) is 0 Å². The van der Waals surface area contributed by atoms with E-state index >= 15 is 0 Å². The van der Waals surface area contributed by atoms with Crippen LogP contribution in [-0.4, -0.2) is 24.0 Å². The van der Waals surface area contributed by atoms with E-state index in [4.69, 9.17) is 11.6 Å². The van der Waals surface area contributed by atoms with Crippen molar-refractivity contribution < 1.29 is 4.79 Å². The largest absolute Gasteiger partial charge is 0.383 e. The minimum atomic E-state index is -0.101. The summed E-state index contributed by atoms with van der Waals surface area (Å²) in [7, 11) is 0. The molecule has 0 saturated carbocycles. The Labute approximate surface area is 164 Å². The van der Waals surface area contributed by atoms with Crippen LogP contribution in [0.3, 0.4) is 0 Å². The average molecular weight is 380 g/mol. The Bertz CT molecular complexity index is 864. The van der Waals surface area contributed by atoms with E-state index < -0.39 is 0 Å². The minimum Gasteiger partial charge on any atom is -0.383 e. The van der Waals surface area contributed by atoms with Gasteiger partial charge in [-0.15, -0.1) is 0 Å². The van der Waals surface area contributed by atoms with Gasteiger partial charge in [-0.25, -0.2) is 4.98 Å². The summed E-state index contributed by atoms with van der Waals surface area (Å²) in [6, 6.07) is 21.1. The number of nitrogens with one attached hydrogen (secondary N) is 1. The minimum absolute atomic E-state index is 0.101. The molecule has 0 fully saturated rings. The molecule has 3 aromatic rings. The Morgan fingerprint density at radius 1 is 1.04 bits per heavy atom. The summed E-state index contributed by atoms with van der Waals surface area (Å²) in [5.74, 6) is -0.101. The molecule has 2 aromatic carbocycles. The summed E-state index contributed by atoms with van der Waals surface area (Å²) in [6.07, 6.45) is 2.59. The van der Waals surface area contributed by atoms with Crippen molar-refractivity contribution in [2.75, 3.05) is 23.3 Å². The van der Waals surface area contributed by atoms with Crippen LogP contribution in [0, 0.1) is 0 Å². The molecule has 4 nitrogen and oxygen atoms in total. The molecule has 0 atom stereocenters. The number of anilines is 2. The molecule has 1 heterocycles. The van der Waals surface area contributed by atoms with Crippen LogP contribution >= 0.6 is 11.6 Å². The van der Waals surface area contributed by atoms with Gasteiger partial charge in [0.2, 0.25) is 0 Å². The highest BCUT2D eigenvalue weighted by atomic mass is 35.5. The first-order valence-corrected chi connectivity index (χ1v) is 9.36. The Morgan fingerprint density at radius 2 is 1.78 bits per heavy atom. The lowest BCUT2D eigenvalue weighted by Gasteiger charge is -2.20. The second-order valence-corrected chi connectivity index (χ2v) is 6.56. The number of carbonyl (C=O) groups excluding carboxylic acids is 1. The summed E-state index contributed by atoms with van der Waals surface area (Å²) in [6.45, 7) is 3.32. The van der Waals surface area contributed by atoms with Crippen LogP contribution in [0.4, 0.5) is 11.4 Å². The van der Waals surface area contributed by atoms with E-state index in [-0.39, 0.29) is 5.91 Å². The van der Waals surface area contributed by atoms with Crippen LogP contribution in [0.15, 0.2) is 72.9 Å². The number of rotatable bonds is 7. The van der Waals surface area contributed by atoms with Gasteiger partial charge in [-0.05, 0) is 55.3 Å². The van der Waals surface area contributed by atoms with Crippen molar-refractivity contribution in [2.45, 2.75) is 13.3 Å². The Kier molecular flexibility index (Phi) is 6.44. The van der Waals surface area contributed by atoms with E-state index in [2.05, 4.69) is 10.3 Å². The highest BCUT2D eigenvalue weighted by molar-refractivity contribution is 6.30. The highest BCUT2D eigenvalue weighted by Gasteiger charge is 2.16. The summed E-state index contributed by atoms with van der Waals surface area (Å²) in [5.41, 5.74) is 3.41. The second kappa shape index (κ2) is 9.19. The number of nitrogens with zero attached hydrogens (tertiary/aromatic N) is 2. The molecule has 0 aliphatic rings. The van der Waals surface area contributed by atoms with E-state index in [1.165, 1.54) is 5.56 Å². The van der Waals surface area contributed by atoms with Crippen LogP contribution < -0.4 is 10.2 Å². The maximum Gasteiger partial charge on any atom is 0.276 e. The Balaban J connectivity index is 1.59. The lowest BCUT2D eigenvalue weighted by Crippen LogP contribution is -2.31. The molecule has 0 spiro atoms. The average Bonchev–Trinajstić information content (AvgIpc) is 2.71. The van der Waals surface area contributed by atoms with E-state index in [1.807, 2.05) is 67.6 Å². The summed E-state index contributed by atoms with van der Waals surface area (Å²) in [4.78, 5) is 18.8. The van der Waals surface area contributed by atoms with Crippen molar-refractivity contribution in [3.05, 3.63) is 89.2 Å². The number of amides is 1. The predicted octanol–water partition coefficient (Wildman–Crippen LogP) is 5.06. The molecule has 1 amide bonds. The zero-order chi connectivity index (χ0) is 19.1. The van der Waals surface area contributed by atoms with Gasteiger partial charge in [0.25, 0.3) is 5.91 Å². The van der Waals surface area contributed by atoms with Gasteiger partial charge in [-0.2, -0.15) is 0 Å². The molecule has 0 saturated heterocycles. The molecule has 3 rings (SSSR count). The molecule has 5 heteroatoms. The number of para-hydroxylation sites is 1. The van der Waals surface area contributed by atoms with Crippen molar-refractivity contribution >= 4 is 28.9 Å². The maximum absolute atomic E-state index is 12.7.